The summed E-state index contributed by atoms with van der Waals surface area (Å²) in [6.07, 6.45) is 0. The second-order valence-electron chi connectivity index (χ2n) is 5.98. The van der Waals surface area contributed by atoms with Crippen molar-refractivity contribution in [2.24, 2.45) is 0 Å². The zero-order valence-electron chi connectivity index (χ0n) is 15.4. The Morgan fingerprint density at radius 1 is 1.00 bits per heavy atom. The number of hydrogen-bond acceptors (Lipinski definition) is 5. The molecule has 8 heteroatoms. The predicted molar refractivity (Wildman–Crippen MR) is 109 cm³/mol. The number of methoxy groups -OCH3 is 1. The number of nitriles is 1. The molecule has 1 amide bonds. The predicted octanol–water partition coefficient (Wildman–Crippen LogP) is 3.62. The summed E-state index contributed by atoms with van der Waals surface area (Å²) < 4.78 is 32.9. The van der Waals surface area contributed by atoms with Crippen molar-refractivity contribution in [3.8, 4) is 11.8 Å². The SMILES string of the molecule is COc1ccccc1NS(=O)(=O)c1ccc(NC(=O)c2cccc(C#N)c2)cc1. The second-order valence-corrected chi connectivity index (χ2v) is 7.66. The zero-order chi connectivity index (χ0) is 20.9. The van der Waals surface area contributed by atoms with Crippen molar-refractivity contribution in [3.63, 3.8) is 0 Å². The highest BCUT2D eigenvalue weighted by molar-refractivity contribution is 7.92. The molecule has 3 aromatic rings. The van der Waals surface area contributed by atoms with Crippen molar-refractivity contribution in [3.05, 3.63) is 83.9 Å². The average molecular weight is 407 g/mol. The van der Waals surface area contributed by atoms with Gasteiger partial charge in [0, 0.05) is 11.3 Å². The molecule has 146 valence electrons. The number of amides is 1. The molecule has 3 aromatic carbocycles. The number of para-hydroxylation sites is 2. The number of nitrogens with one attached hydrogen (secondary N) is 2. The molecule has 0 aliphatic rings. The van der Waals surface area contributed by atoms with Gasteiger partial charge in [-0.15, -0.1) is 0 Å². The fourth-order valence-electron chi connectivity index (χ4n) is 2.58. The molecule has 0 aliphatic carbocycles. The standard InChI is InChI=1S/C21H17N3O4S/c1-28-20-8-3-2-7-19(20)24-29(26,27)18-11-9-17(10-12-18)23-21(25)16-6-4-5-15(13-16)14-22/h2-13,24H,1H3,(H,23,25). The fourth-order valence-corrected chi connectivity index (χ4v) is 3.65. The molecule has 2 N–H and O–H groups in total. The molecule has 0 heterocycles. The molecule has 0 saturated carbocycles. The summed E-state index contributed by atoms with van der Waals surface area (Å²) >= 11 is 0. The average Bonchev–Trinajstić information content (AvgIpc) is 2.74. The number of rotatable bonds is 6. The molecule has 0 unspecified atom stereocenters. The maximum atomic E-state index is 12.6. The van der Waals surface area contributed by atoms with Crippen molar-refractivity contribution < 1.29 is 17.9 Å². The molecule has 0 fully saturated rings. The second kappa shape index (κ2) is 8.46. The summed E-state index contributed by atoms with van der Waals surface area (Å²) in [5, 5.41) is 11.6. The quantitative estimate of drug-likeness (QED) is 0.649. The van der Waals surface area contributed by atoms with Gasteiger partial charge in [0.05, 0.1) is 29.3 Å². The van der Waals surface area contributed by atoms with Crippen LogP contribution in [0.25, 0.3) is 0 Å². The Kier molecular flexibility index (Phi) is 5.81. The topological polar surface area (TPSA) is 108 Å². The Morgan fingerprint density at radius 3 is 2.41 bits per heavy atom. The Hall–Kier alpha value is -3.83. The van der Waals surface area contributed by atoms with Gasteiger partial charge in [0.25, 0.3) is 15.9 Å². The Labute approximate surface area is 168 Å². The van der Waals surface area contributed by atoms with E-state index in [-0.39, 0.29) is 4.90 Å². The lowest BCUT2D eigenvalue weighted by molar-refractivity contribution is 0.102. The molecule has 0 saturated heterocycles. The number of anilines is 2. The maximum Gasteiger partial charge on any atom is 0.262 e. The summed E-state index contributed by atoms with van der Waals surface area (Å²) in [6.45, 7) is 0. The number of hydrogen-bond donors (Lipinski definition) is 2. The van der Waals surface area contributed by atoms with E-state index in [9.17, 15) is 13.2 Å². The van der Waals surface area contributed by atoms with Crippen LogP contribution in [0.15, 0.2) is 77.7 Å². The van der Waals surface area contributed by atoms with E-state index in [2.05, 4.69) is 10.0 Å². The number of carbonyl (C=O) groups excluding carboxylic acids is 1. The van der Waals surface area contributed by atoms with Gasteiger partial charge in [0.15, 0.2) is 0 Å². The monoisotopic (exact) mass is 407 g/mol. The van der Waals surface area contributed by atoms with Crippen LogP contribution in [0.4, 0.5) is 11.4 Å². The highest BCUT2D eigenvalue weighted by Crippen LogP contribution is 2.26. The highest BCUT2D eigenvalue weighted by Gasteiger charge is 2.16. The summed E-state index contributed by atoms with van der Waals surface area (Å²) in [6, 6.07) is 20.7. The number of carbonyl (C=O) groups is 1. The summed E-state index contributed by atoms with van der Waals surface area (Å²) in [4.78, 5) is 12.3. The van der Waals surface area contributed by atoms with Crippen LogP contribution < -0.4 is 14.8 Å². The lowest BCUT2D eigenvalue weighted by Crippen LogP contribution is -2.14. The molecule has 7 nitrogen and oxygen atoms in total. The van der Waals surface area contributed by atoms with Crippen molar-refractivity contribution in [1.29, 1.82) is 5.26 Å². The Bertz CT molecular complexity index is 1180. The molecule has 0 aliphatic heterocycles. The van der Waals surface area contributed by atoms with Gasteiger partial charge < -0.3 is 10.1 Å². The van der Waals surface area contributed by atoms with E-state index in [0.717, 1.165) is 0 Å². The van der Waals surface area contributed by atoms with E-state index in [1.54, 1.807) is 42.5 Å². The number of nitrogens with zero attached hydrogens (tertiary/aromatic N) is 1. The minimum atomic E-state index is -3.83. The van der Waals surface area contributed by atoms with E-state index < -0.39 is 15.9 Å². The number of sulfonamides is 1. The van der Waals surface area contributed by atoms with Gasteiger partial charge in [-0.3, -0.25) is 9.52 Å². The molecule has 0 atom stereocenters. The van der Waals surface area contributed by atoms with Gasteiger partial charge in [-0.1, -0.05) is 18.2 Å². The van der Waals surface area contributed by atoms with Crippen LogP contribution in [0.1, 0.15) is 15.9 Å². The van der Waals surface area contributed by atoms with E-state index in [1.807, 2.05) is 6.07 Å². The lowest BCUT2D eigenvalue weighted by Gasteiger charge is -2.12. The Balaban J connectivity index is 1.75. The van der Waals surface area contributed by atoms with Gasteiger partial charge >= 0.3 is 0 Å². The first kappa shape index (κ1) is 19.9. The van der Waals surface area contributed by atoms with Crippen molar-refractivity contribution in [1.82, 2.24) is 0 Å². The molecule has 0 aromatic heterocycles. The molecular weight excluding hydrogens is 390 g/mol. The molecule has 0 bridgehead atoms. The largest absolute Gasteiger partial charge is 0.495 e. The lowest BCUT2D eigenvalue weighted by atomic mass is 10.1. The van der Waals surface area contributed by atoms with Crippen molar-refractivity contribution >= 4 is 27.3 Å². The minimum absolute atomic E-state index is 0.0351. The van der Waals surface area contributed by atoms with Crippen molar-refractivity contribution in [2.45, 2.75) is 4.90 Å². The summed E-state index contributed by atoms with van der Waals surface area (Å²) in [7, 11) is -2.38. The van der Waals surface area contributed by atoms with Crippen molar-refractivity contribution in [2.75, 3.05) is 17.1 Å². The van der Waals surface area contributed by atoms with Crippen LogP contribution in [0.5, 0.6) is 5.75 Å². The van der Waals surface area contributed by atoms with Gasteiger partial charge in [-0.05, 0) is 54.6 Å². The molecular formula is C21H17N3O4S. The summed E-state index contributed by atoms with van der Waals surface area (Å²) in [5.74, 6) is 0.00409. The minimum Gasteiger partial charge on any atom is -0.495 e. The highest BCUT2D eigenvalue weighted by atomic mass is 32.2. The van der Waals surface area contributed by atoms with Gasteiger partial charge in [-0.25, -0.2) is 8.42 Å². The van der Waals surface area contributed by atoms with Crippen LogP contribution in [0, 0.1) is 11.3 Å². The molecule has 0 radical (unpaired) electrons. The van der Waals surface area contributed by atoms with E-state index in [0.29, 0.717) is 28.3 Å². The van der Waals surface area contributed by atoms with Gasteiger partial charge in [-0.2, -0.15) is 5.26 Å². The summed E-state index contributed by atoms with van der Waals surface area (Å²) in [5.41, 5.74) is 1.46. The maximum absolute atomic E-state index is 12.6. The van der Waals surface area contributed by atoms with E-state index >= 15 is 0 Å². The van der Waals surface area contributed by atoms with Gasteiger partial charge in [0.1, 0.15) is 5.75 Å². The van der Waals surface area contributed by atoms with Crippen LogP contribution in [-0.4, -0.2) is 21.4 Å². The third kappa shape index (κ3) is 4.72. The van der Waals surface area contributed by atoms with E-state index in [1.165, 1.54) is 37.4 Å². The smallest absolute Gasteiger partial charge is 0.262 e. The van der Waals surface area contributed by atoms with Crippen LogP contribution in [0.2, 0.25) is 0 Å². The first-order chi connectivity index (χ1) is 13.9. The fraction of sp³-hybridized carbons (Fsp3) is 0.0476. The normalized spacial score (nSPS) is 10.6. The zero-order valence-corrected chi connectivity index (χ0v) is 16.2. The Morgan fingerprint density at radius 2 is 1.72 bits per heavy atom. The third-order valence-electron chi connectivity index (χ3n) is 4.03. The third-order valence-corrected chi connectivity index (χ3v) is 5.41. The van der Waals surface area contributed by atoms with Gasteiger partial charge in [0.2, 0.25) is 0 Å². The molecule has 29 heavy (non-hydrogen) atoms. The number of ether oxygens (including phenoxy) is 1. The first-order valence-corrected chi connectivity index (χ1v) is 9.98. The molecule has 0 spiro atoms. The number of benzene rings is 3. The first-order valence-electron chi connectivity index (χ1n) is 8.50. The van der Waals surface area contributed by atoms with Crippen LogP contribution in [0.3, 0.4) is 0 Å². The van der Waals surface area contributed by atoms with Crippen LogP contribution >= 0.6 is 0 Å². The molecule has 3 rings (SSSR count). The van der Waals surface area contributed by atoms with Crippen LogP contribution in [-0.2, 0) is 10.0 Å². The van der Waals surface area contributed by atoms with E-state index in [4.69, 9.17) is 10.00 Å².